The summed E-state index contributed by atoms with van der Waals surface area (Å²) in [5, 5.41) is 8.36. The molecule has 1 N–H and O–H groups in total. The molecule has 0 aliphatic carbocycles. The van der Waals surface area contributed by atoms with E-state index in [-0.39, 0.29) is 5.82 Å². The molecule has 4 heterocycles. The zero-order valence-corrected chi connectivity index (χ0v) is 16.5. The number of hydrogen-bond acceptors (Lipinski definition) is 7. The van der Waals surface area contributed by atoms with Crippen LogP contribution in [0.2, 0.25) is 0 Å². The number of aromatic nitrogens is 3. The van der Waals surface area contributed by atoms with Crippen LogP contribution in [0.15, 0.2) is 35.1 Å². The lowest BCUT2D eigenvalue weighted by Crippen LogP contribution is -2.57. The van der Waals surface area contributed by atoms with E-state index in [1.165, 1.54) is 18.6 Å². The molecule has 3 aromatic rings. The van der Waals surface area contributed by atoms with Crippen molar-refractivity contribution in [3.8, 4) is 0 Å². The first-order valence-corrected chi connectivity index (χ1v) is 10.2. The number of aryl methyl sites for hydroxylation is 1. The molecule has 7 nitrogen and oxygen atoms in total. The van der Waals surface area contributed by atoms with Crippen molar-refractivity contribution in [1.82, 2.24) is 20.0 Å². The van der Waals surface area contributed by atoms with Gasteiger partial charge in [0.25, 0.3) is 0 Å². The van der Waals surface area contributed by atoms with Gasteiger partial charge in [-0.25, -0.2) is 14.4 Å². The number of anilines is 2. The maximum absolute atomic E-state index is 13.7. The highest BCUT2D eigenvalue weighted by molar-refractivity contribution is 5.88. The predicted octanol–water partition coefficient (Wildman–Crippen LogP) is 3.08. The molecule has 5 rings (SSSR count). The van der Waals surface area contributed by atoms with Crippen molar-refractivity contribution < 1.29 is 8.91 Å². The SMILES string of the molecule is Cc1cnc(NC[C@H]2CC[C@H]3CN(c4noc5ccc(F)cc45)CCN3C2)nc1. The molecule has 2 fully saturated rings. The minimum atomic E-state index is -0.258. The quantitative estimate of drug-likeness (QED) is 0.727. The average Bonchev–Trinajstić information content (AvgIpc) is 3.16. The van der Waals surface area contributed by atoms with Crippen LogP contribution in [0.1, 0.15) is 18.4 Å². The van der Waals surface area contributed by atoms with E-state index in [9.17, 15) is 4.39 Å². The van der Waals surface area contributed by atoms with Crippen LogP contribution < -0.4 is 10.2 Å². The fourth-order valence-corrected chi connectivity index (χ4v) is 4.46. The highest BCUT2D eigenvalue weighted by Gasteiger charge is 2.34. The third kappa shape index (κ3) is 3.76. The van der Waals surface area contributed by atoms with E-state index in [1.54, 1.807) is 6.07 Å². The summed E-state index contributed by atoms with van der Waals surface area (Å²) >= 11 is 0. The second-order valence-corrected chi connectivity index (χ2v) is 8.15. The average molecular weight is 396 g/mol. The Kier molecular flexibility index (Phi) is 4.79. The molecule has 8 heteroatoms. The molecule has 0 spiro atoms. The molecule has 152 valence electrons. The topological polar surface area (TPSA) is 70.3 Å². The van der Waals surface area contributed by atoms with Crippen LogP contribution in [-0.2, 0) is 0 Å². The maximum atomic E-state index is 13.7. The number of fused-ring (bicyclic) bond motifs is 2. The van der Waals surface area contributed by atoms with Crippen molar-refractivity contribution in [3.05, 3.63) is 42.0 Å². The molecule has 0 unspecified atom stereocenters. The van der Waals surface area contributed by atoms with Crippen LogP contribution in [0, 0.1) is 18.7 Å². The van der Waals surface area contributed by atoms with Crippen LogP contribution in [0.4, 0.5) is 16.2 Å². The summed E-state index contributed by atoms with van der Waals surface area (Å²) in [6, 6.07) is 5.07. The Morgan fingerprint density at radius 3 is 2.90 bits per heavy atom. The third-order valence-electron chi connectivity index (χ3n) is 6.05. The summed E-state index contributed by atoms with van der Waals surface area (Å²) in [5.41, 5.74) is 1.70. The molecule has 29 heavy (non-hydrogen) atoms. The van der Waals surface area contributed by atoms with Gasteiger partial charge in [0, 0.05) is 51.2 Å². The first kappa shape index (κ1) is 18.3. The second kappa shape index (κ2) is 7.59. The number of rotatable bonds is 4. The highest BCUT2D eigenvalue weighted by Crippen LogP contribution is 2.31. The number of nitrogens with one attached hydrogen (secondary N) is 1. The lowest BCUT2D eigenvalue weighted by atomic mass is 9.91. The van der Waals surface area contributed by atoms with Crippen LogP contribution in [0.5, 0.6) is 0 Å². The largest absolute Gasteiger partial charge is 0.354 e. The Hall–Kier alpha value is -2.74. The van der Waals surface area contributed by atoms with E-state index in [2.05, 4.69) is 30.2 Å². The first-order chi connectivity index (χ1) is 14.2. The Morgan fingerprint density at radius 2 is 2.03 bits per heavy atom. The lowest BCUT2D eigenvalue weighted by molar-refractivity contribution is 0.0994. The minimum Gasteiger partial charge on any atom is -0.354 e. The normalized spacial score (nSPS) is 22.6. The second-order valence-electron chi connectivity index (χ2n) is 8.15. The van der Waals surface area contributed by atoms with Gasteiger partial charge in [-0.1, -0.05) is 5.16 Å². The Morgan fingerprint density at radius 1 is 1.17 bits per heavy atom. The standard InChI is InChI=1S/C21H25FN6O/c1-14-9-23-21(24-10-14)25-11-15-2-4-17-13-28(7-6-27(17)12-15)20-18-8-16(22)3-5-19(18)29-26-20/h3,5,8-10,15,17H,2,4,6-7,11-13H2,1H3,(H,23,24,25)/t15-,17+/m1/s1. The summed E-state index contributed by atoms with van der Waals surface area (Å²) < 4.78 is 19.1. The number of piperazine rings is 1. The zero-order chi connectivity index (χ0) is 19.8. The van der Waals surface area contributed by atoms with Gasteiger partial charge in [0.1, 0.15) is 5.82 Å². The van der Waals surface area contributed by atoms with Crippen LogP contribution in [0.25, 0.3) is 11.0 Å². The zero-order valence-electron chi connectivity index (χ0n) is 16.5. The van der Waals surface area contributed by atoms with Gasteiger partial charge in [-0.15, -0.1) is 0 Å². The van der Waals surface area contributed by atoms with Gasteiger partial charge < -0.3 is 14.7 Å². The van der Waals surface area contributed by atoms with Crippen molar-refractivity contribution in [2.24, 2.45) is 5.92 Å². The molecular weight excluding hydrogens is 371 g/mol. The fraction of sp³-hybridized carbons (Fsp3) is 0.476. The van der Waals surface area contributed by atoms with E-state index in [4.69, 9.17) is 4.52 Å². The lowest BCUT2D eigenvalue weighted by Gasteiger charge is -2.46. The number of piperidine rings is 1. The summed E-state index contributed by atoms with van der Waals surface area (Å²) in [4.78, 5) is 13.5. The monoisotopic (exact) mass is 396 g/mol. The molecule has 2 atom stereocenters. The van der Waals surface area contributed by atoms with Gasteiger partial charge >= 0.3 is 0 Å². The molecular formula is C21H25FN6O. The van der Waals surface area contributed by atoms with E-state index in [0.717, 1.165) is 55.9 Å². The summed E-state index contributed by atoms with van der Waals surface area (Å²) in [6.07, 6.45) is 5.99. The summed E-state index contributed by atoms with van der Waals surface area (Å²) in [5.74, 6) is 1.79. The number of nitrogens with zero attached hydrogens (tertiary/aromatic N) is 5. The molecule has 0 saturated carbocycles. The number of benzene rings is 1. The van der Waals surface area contributed by atoms with E-state index in [0.29, 0.717) is 23.5 Å². The van der Waals surface area contributed by atoms with Gasteiger partial charge in [-0.3, -0.25) is 4.90 Å². The summed E-state index contributed by atoms with van der Waals surface area (Å²) in [7, 11) is 0. The van der Waals surface area contributed by atoms with Gasteiger partial charge in [-0.05, 0) is 49.4 Å². The van der Waals surface area contributed by atoms with E-state index in [1.807, 2.05) is 19.3 Å². The molecule has 0 amide bonds. The Balaban J connectivity index is 1.20. The minimum absolute atomic E-state index is 0.258. The molecule has 0 bridgehead atoms. The maximum Gasteiger partial charge on any atom is 0.222 e. The van der Waals surface area contributed by atoms with Gasteiger partial charge in [0.2, 0.25) is 5.95 Å². The van der Waals surface area contributed by atoms with Crippen LogP contribution >= 0.6 is 0 Å². The highest BCUT2D eigenvalue weighted by atomic mass is 19.1. The molecule has 1 aromatic carbocycles. The van der Waals surface area contributed by atoms with E-state index < -0.39 is 0 Å². The first-order valence-electron chi connectivity index (χ1n) is 10.2. The van der Waals surface area contributed by atoms with Gasteiger partial charge in [0.05, 0.1) is 5.39 Å². The molecule has 2 aromatic heterocycles. The van der Waals surface area contributed by atoms with Gasteiger partial charge in [0.15, 0.2) is 11.4 Å². The summed E-state index contributed by atoms with van der Waals surface area (Å²) in [6.45, 7) is 6.71. The third-order valence-corrected chi connectivity index (χ3v) is 6.05. The molecule has 2 saturated heterocycles. The van der Waals surface area contributed by atoms with Crippen LogP contribution in [0.3, 0.4) is 0 Å². The van der Waals surface area contributed by atoms with Crippen molar-refractivity contribution in [2.45, 2.75) is 25.8 Å². The van der Waals surface area contributed by atoms with Crippen LogP contribution in [-0.4, -0.2) is 58.8 Å². The Labute approximate surface area is 168 Å². The van der Waals surface area contributed by atoms with Crippen molar-refractivity contribution in [2.75, 3.05) is 42.9 Å². The van der Waals surface area contributed by atoms with Crippen molar-refractivity contribution in [1.29, 1.82) is 0 Å². The smallest absolute Gasteiger partial charge is 0.222 e. The van der Waals surface area contributed by atoms with Crippen molar-refractivity contribution >= 4 is 22.7 Å². The number of halogens is 1. The molecule has 2 aliphatic rings. The van der Waals surface area contributed by atoms with Gasteiger partial charge in [-0.2, -0.15) is 0 Å². The molecule has 2 aliphatic heterocycles. The molecule has 0 radical (unpaired) electrons. The van der Waals surface area contributed by atoms with Crippen molar-refractivity contribution in [3.63, 3.8) is 0 Å². The Bertz CT molecular complexity index is 991. The predicted molar refractivity (Wildman–Crippen MR) is 110 cm³/mol. The number of hydrogen-bond donors (Lipinski definition) is 1. The van der Waals surface area contributed by atoms with E-state index >= 15 is 0 Å². The fourth-order valence-electron chi connectivity index (χ4n) is 4.46.